The lowest BCUT2D eigenvalue weighted by Gasteiger charge is -2.01. The number of thioether (sulfide) groups is 1. The van der Waals surface area contributed by atoms with Crippen LogP contribution in [0.2, 0.25) is 0 Å². The van der Waals surface area contributed by atoms with Crippen LogP contribution >= 0.6 is 11.8 Å². The molecule has 0 unspecified atom stereocenters. The highest BCUT2D eigenvalue weighted by Crippen LogP contribution is 1.94. The number of hydrogen-bond acceptors (Lipinski definition) is 4. The highest BCUT2D eigenvalue weighted by molar-refractivity contribution is 7.98. The molecule has 1 amide bonds. The summed E-state index contributed by atoms with van der Waals surface area (Å²) in [5.41, 5.74) is 5.13. The second-order valence-corrected chi connectivity index (χ2v) is 3.10. The van der Waals surface area contributed by atoms with E-state index in [2.05, 4.69) is 10.5 Å². The van der Waals surface area contributed by atoms with Crippen molar-refractivity contribution < 1.29 is 10.0 Å². The highest BCUT2D eigenvalue weighted by atomic mass is 32.2. The summed E-state index contributed by atoms with van der Waals surface area (Å²) in [7, 11) is 0. The first-order chi connectivity index (χ1) is 5.70. The lowest BCUT2D eigenvalue weighted by Crippen LogP contribution is -2.33. The van der Waals surface area contributed by atoms with Gasteiger partial charge in [0.2, 0.25) is 5.91 Å². The fourth-order valence-corrected chi connectivity index (χ4v) is 0.897. The molecule has 12 heavy (non-hydrogen) atoms. The molecular weight excluding hydrogens is 178 g/mol. The van der Waals surface area contributed by atoms with E-state index in [4.69, 9.17) is 10.9 Å². The molecule has 0 aliphatic carbocycles. The Labute approximate surface area is 75.4 Å². The van der Waals surface area contributed by atoms with Crippen molar-refractivity contribution in [1.29, 1.82) is 0 Å². The smallest absolute Gasteiger partial charge is 0.221 e. The number of carbonyl (C=O) groups is 1. The van der Waals surface area contributed by atoms with Crippen molar-refractivity contribution in [2.45, 2.75) is 6.42 Å². The lowest BCUT2D eigenvalue weighted by molar-refractivity contribution is -0.120. The zero-order valence-corrected chi connectivity index (χ0v) is 7.73. The van der Waals surface area contributed by atoms with Crippen molar-refractivity contribution >= 4 is 23.5 Å². The van der Waals surface area contributed by atoms with Gasteiger partial charge in [-0.25, -0.2) is 0 Å². The minimum absolute atomic E-state index is 0.00695. The van der Waals surface area contributed by atoms with Crippen LogP contribution in [-0.2, 0) is 4.79 Å². The van der Waals surface area contributed by atoms with Gasteiger partial charge >= 0.3 is 0 Å². The lowest BCUT2D eigenvalue weighted by atomic mass is 10.4. The monoisotopic (exact) mass is 191 g/mol. The maximum atomic E-state index is 10.9. The van der Waals surface area contributed by atoms with Crippen molar-refractivity contribution in [3.05, 3.63) is 0 Å². The van der Waals surface area contributed by atoms with Crippen LogP contribution < -0.4 is 11.1 Å². The van der Waals surface area contributed by atoms with E-state index in [1.807, 2.05) is 6.26 Å². The van der Waals surface area contributed by atoms with Crippen LogP contribution in [0.15, 0.2) is 5.16 Å². The summed E-state index contributed by atoms with van der Waals surface area (Å²) in [5.74, 6) is 0.700. The number of nitrogens with one attached hydrogen (secondary N) is 1. The summed E-state index contributed by atoms with van der Waals surface area (Å²) in [5, 5.41) is 13.3. The number of amides is 1. The van der Waals surface area contributed by atoms with E-state index in [1.54, 1.807) is 11.8 Å². The Morgan fingerprint density at radius 2 is 2.42 bits per heavy atom. The fraction of sp³-hybridized carbons (Fsp3) is 0.667. The molecule has 0 rings (SSSR count). The molecule has 4 N–H and O–H groups in total. The largest absolute Gasteiger partial charge is 0.409 e. The Bertz CT molecular complexity index is 172. The molecule has 0 heterocycles. The van der Waals surface area contributed by atoms with E-state index in [-0.39, 0.29) is 18.3 Å². The van der Waals surface area contributed by atoms with Crippen LogP contribution in [0.1, 0.15) is 6.42 Å². The number of carbonyl (C=O) groups excluding carboxylic acids is 1. The number of nitrogens with zero attached hydrogens (tertiary/aromatic N) is 1. The summed E-state index contributed by atoms with van der Waals surface area (Å²) >= 11 is 1.60. The third-order valence-corrected chi connectivity index (χ3v) is 1.74. The van der Waals surface area contributed by atoms with Gasteiger partial charge in [0.1, 0.15) is 0 Å². The maximum absolute atomic E-state index is 10.9. The Morgan fingerprint density at radius 1 is 1.75 bits per heavy atom. The van der Waals surface area contributed by atoms with Gasteiger partial charge in [-0.1, -0.05) is 5.16 Å². The van der Waals surface area contributed by atoms with Crippen LogP contribution in [-0.4, -0.2) is 35.5 Å². The Kier molecular flexibility index (Phi) is 6.26. The van der Waals surface area contributed by atoms with Gasteiger partial charge in [-0.05, 0) is 6.26 Å². The molecule has 0 aromatic heterocycles. The molecule has 0 aromatic carbocycles. The minimum atomic E-state index is -0.0871. The fourth-order valence-electron chi connectivity index (χ4n) is 0.508. The van der Waals surface area contributed by atoms with Gasteiger partial charge in [0, 0.05) is 12.2 Å². The molecule has 0 aliphatic heterocycles. The van der Waals surface area contributed by atoms with E-state index in [1.165, 1.54) is 0 Å². The number of amidine groups is 1. The van der Waals surface area contributed by atoms with Crippen LogP contribution in [0.5, 0.6) is 0 Å². The van der Waals surface area contributed by atoms with Crippen LogP contribution in [0.3, 0.4) is 0 Å². The zero-order chi connectivity index (χ0) is 9.40. The van der Waals surface area contributed by atoms with Gasteiger partial charge in [0.25, 0.3) is 0 Å². The molecule has 5 nitrogen and oxygen atoms in total. The molecule has 0 aromatic rings. The summed E-state index contributed by atoms with van der Waals surface area (Å²) in [6.07, 6.45) is 2.39. The predicted molar refractivity (Wildman–Crippen MR) is 49.4 cm³/mol. The third-order valence-electron chi connectivity index (χ3n) is 1.13. The molecule has 0 atom stereocenters. The van der Waals surface area contributed by atoms with Crippen molar-refractivity contribution in [2.24, 2.45) is 10.9 Å². The summed E-state index contributed by atoms with van der Waals surface area (Å²) in [6.45, 7) is 0.101. The van der Waals surface area contributed by atoms with Gasteiger partial charge in [-0.3, -0.25) is 4.79 Å². The average Bonchev–Trinajstić information content (AvgIpc) is 2.10. The molecule has 0 radical (unpaired) electrons. The predicted octanol–water partition coefficient (Wildman–Crippen LogP) is -0.398. The second-order valence-electron chi connectivity index (χ2n) is 2.11. The first kappa shape index (κ1) is 11.1. The van der Waals surface area contributed by atoms with Gasteiger partial charge in [-0.2, -0.15) is 11.8 Å². The van der Waals surface area contributed by atoms with E-state index in [9.17, 15) is 4.79 Å². The average molecular weight is 191 g/mol. The van der Waals surface area contributed by atoms with Gasteiger partial charge < -0.3 is 16.3 Å². The molecular formula is C6H13N3O2S. The standard InChI is InChI=1S/C6H13N3O2S/c1-12-3-2-6(10)8-4-5(7)9-11/h11H,2-4H2,1H3,(H2,7,9)(H,8,10). The molecule has 0 fully saturated rings. The van der Waals surface area contributed by atoms with Crippen LogP contribution in [0.4, 0.5) is 0 Å². The molecule has 0 bridgehead atoms. The van der Waals surface area contributed by atoms with Crippen molar-refractivity contribution in [3.8, 4) is 0 Å². The quantitative estimate of drug-likeness (QED) is 0.239. The van der Waals surface area contributed by atoms with Gasteiger partial charge in [0.05, 0.1) is 6.54 Å². The topological polar surface area (TPSA) is 87.7 Å². The SMILES string of the molecule is CSCCC(=O)NCC(N)=NO. The molecule has 0 saturated heterocycles. The minimum Gasteiger partial charge on any atom is -0.409 e. The van der Waals surface area contributed by atoms with Crippen LogP contribution in [0.25, 0.3) is 0 Å². The Hall–Kier alpha value is -0.910. The van der Waals surface area contributed by atoms with Crippen molar-refractivity contribution in [2.75, 3.05) is 18.6 Å². The van der Waals surface area contributed by atoms with Gasteiger partial charge in [0.15, 0.2) is 5.84 Å². The highest BCUT2D eigenvalue weighted by Gasteiger charge is 2.00. The second kappa shape index (κ2) is 6.78. The molecule has 0 saturated carbocycles. The first-order valence-corrected chi connectivity index (χ1v) is 4.82. The molecule has 0 aliphatic rings. The number of nitrogens with two attached hydrogens (primary N) is 1. The summed E-state index contributed by atoms with van der Waals surface area (Å²) < 4.78 is 0. The maximum Gasteiger partial charge on any atom is 0.221 e. The molecule has 0 spiro atoms. The number of oxime groups is 1. The van der Waals surface area contributed by atoms with Gasteiger partial charge in [-0.15, -0.1) is 0 Å². The number of hydrogen-bond donors (Lipinski definition) is 3. The Balaban J connectivity index is 3.44. The Morgan fingerprint density at radius 3 is 2.92 bits per heavy atom. The summed E-state index contributed by atoms with van der Waals surface area (Å²) in [4.78, 5) is 10.9. The zero-order valence-electron chi connectivity index (χ0n) is 6.91. The van der Waals surface area contributed by atoms with E-state index in [0.29, 0.717) is 6.42 Å². The molecule has 6 heteroatoms. The third kappa shape index (κ3) is 5.84. The van der Waals surface area contributed by atoms with E-state index < -0.39 is 0 Å². The normalized spacial score (nSPS) is 11.2. The van der Waals surface area contributed by atoms with Crippen LogP contribution in [0, 0.1) is 0 Å². The van der Waals surface area contributed by atoms with E-state index >= 15 is 0 Å². The van der Waals surface area contributed by atoms with E-state index in [0.717, 1.165) is 5.75 Å². The number of rotatable bonds is 5. The summed E-state index contributed by atoms with van der Waals surface area (Å²) in [6, 6.07) is 0. The first-order valence-electron chi connectivity index (χ1n) is 3.42. The molecule has 70 valence electrons. The van der Waals surface area contributed by atoms with Crippen molar-refractivity contribution in [1.82, 2.24) is 5.32 Å². The van der Waals surface area contributed by atoms with Crippen molar-refractivity contribution in [3.63, 3.8) is 0 Å².